The van der Waals surface area contributed by atoms with E-state index in [2.05, 4.69) is 44.0 Å². The van der Waals surface area contributed by atoms with E-state index in [4.69, 9.17) is 9.47 Å². The summed E-state index contributed by atoms with van der Waals surface area (Å²) in [5, 5.41) is 4.32. The van der Waals surface area contributed by atoms with Crippen LogP contribution in [0.3, 0.4) is 0 Å². The first-order chi connectivity index (χ1) is 15.6. The summed E-state index contributed by atoms with van der Waals surface area (Å²) in [6.07, 6.45) is 4.18. The summed E-state index contributed by atoms with van der Waals surface area (Å²) in [4.78, 5) is 25.7. The van der Waals surface area contributed by atoms with Crippen molar-refractivity contribution in [1.82, 2.24) is 19.9 Å². The highest BCUT2D eigenvalue weighted by atomic mass is 16.5. The summed E-state index contributed by atoms with van der Waals surface area (Å²) >= 11 is 0. The van der Waals surface area contributed by atoms with Crippen molar-refractivity contribution in [2.75, 3.05) is 32.6 Å². The molecule has 1 unspecified atom stereocenters. The molecule has 1 atom stereocenters. The lowest BCUT2D eigenvalue weighted by atomic mass is 10.1. The van der Waals surface area contributed by atoms with Gasteiger partial charge in [-0.1, -0.05) is 11.8 Å². The number of carbonyl (C=O) groups excluding carboxylic acids is 1. The van der Waals surface area contributed by atoms with E-state index in [1.807, 2.05) is 18.3 Å². The maximum Gasteiger partial charge on any atom is 0.298 e. The van der Waals surface area contributed by atoms with Crippen molar-refractivity contribution in [2.45, 2.75) is 19.4 Å². The molecule has 2 N–H and O–H groups in total. The van der Waals surface area contributed by atoms with Gasteiger partial charge in [0.15, 0.2) is 0 Å². The van der Waals surface area contributed by atoms with Gasteiger partial charge in [0, 0.05) is 37.0 Å². The van der Waals surface area contributed by atoms with Crippen LogP contribution in [0.25, 0.3) is 11.0 Å². The second-order valence-corrected chi connectivity index (χ2v) is 7.26. The molecule has 3 aromatic rings. The number of aromatic nitrogens is 3. The van der Waals surface area contributed by atoms with Crippen LogP contribution in [0.4, 0.5) is 5.69 Å². The number of ether oxygens (including phenoxy) is 2. The molecule has 1 aliphatic heterocycles. The van der Waals surface area contributed by atoms with Gasteiger partial charge >= 0.3 is 0 Å². The lowest BCUT2D eigenvalue weighted by molar-refractivity contribution is -0.124. The predicted octanol–water partition coefficient (Wildman–Crippen LogP) is 2.41. The molecule has 0 spiro atoms. The van der Waals surface area contributed by atoms with Crippen LogP contribution < -0.4 is 14.8 Å². The lowest BCUT2D eigenvalue weighted by Gasteiger charge is -2.15. The van der Waals surface area contributed by atoms with Crippen molar-refractivity contribution in [3.05, 3.63) is 42.0 Å². The van der Waals surface area contributed by atoms with Gasteiger partial charge in [0.25, 0.3) is 5.91 Å². The molecular formula is C24H23N5O3. The number of likely N-dealkylation sites (tertiary alicyclic amines) is 1. The van der Waals surface area contributed by atoms with E-state index in [0.29, 0.717) is 35.9 Å². The Hall–Kier alpha value is -4.17. The van der Waals surface area contributed by atoms with Crippen LogP contribution in [0.1, 0.15) is 24.6 Å². The van der Waals surface area contributed by atoms with Crippen molar-refractivity contribution in [2.24, 2.45) is 0 Å². The smallest absolute Gasteiger partial charge is 0.298 e. The van der Waals surface area contributed by atoms with Crippen molar-refractivity contribution in [1.29, 1.82) is 0 Å². The minimum absolute atomic E-state index is 0.111. The highest BCUT2D eigenvalue weighted by molar-refractivity contribution is 5.95. The summed E-state index contributed by atoms with van der Waals surface area (Å²) in [7, 11) is 3.20. The molecule has 8 nitrogen and oxygen atoms in total. The zero-order valence-electron chi connectivity index (χ0n) is 18.2. The number of nitrogens with zero attached hydrogens (tertiary/aromatic N) is 3. The topological polar surface area (TPSA) is 92.4 Å². The van der Waals surface area contributed by atoms with E-state index in [9.17, 15) is 4.79 Å². The van der Waals surface area contributed by atoms with Crippen LogP contribution in [-0.2, 0) is 4.79 Å². The molecule has 1 saturated heterocycles. The fourth-order valence-corrected chi connectivity index (χ4v) is 3.65. The molecule has 2 aromatic heterocycles. The molecule has 32 heavy (non-hydrogen) atoms. The summed E-state index contributed by atoms with van der Waals surface area (Å²) < 4.78 is 10.6. The molecule has 4 rings (SSSR count). The summed E-state index contributed by atoms with van der Waals surface area (Å²) in [6, 6.07) is 5.59. The monoisotopic (exact) mass is 429 g/mol. The Kier molecular flexibility index (Phi) is 6.14. The molecular weight excluding hydrogens is 406 g/mol. The number of anilines is 1. The highest BCUT2D eigenvalue weighted by Crippen LogP contribution is 2.27. The third-order valence-electron chi connectivity index (χ3n) is 5.21. The molecule has 8 heteroatoms. The molecule has 1 aliphatic rings. The first-order valence-corrected chi connectivity index (χ1v) is 10.2. The van der Waals surface area contributed by atoms with Crippen LogP contribution in [0.5, 0.6) is 11.5 Å². The summed E-state index contributed by atoms with van der Waals surface area (Å²) in [5.74, 6) is 12.7. The third-order valence-corrected chi connectivity index (χ3v) is 5.21. The van der Waals surface area contributed by atoms with Crippen molar-refractivity contribution in [3.63, 3.8) is 0 Å². The van der Waals surface area contributed by atoms with E-state index in [-0.39, 0.29) is 11.9 Å². The molecule has 1 aromatic carbocycles. The summed E-state index contributed by atoms with van der Waals surface area (Å²) in [5.41, 5.74) is 2.90. The molecule has 162 valence electrons. The van der Waals surface area contributed by atoms with Gasteiger partial charge in [-0.2, -0.15) is 0 Å². The Balaban J connectivity index is 1.61. The minimum atomic E-state index is -0.140. The molecule has 0 radical (unpaired) electrons. The molecule has 0 bridgehead atoms. The number of benzene rings is 1. The lowest BCUT2D eigenvalue weighted by Crippen LogP contribution is -2.30. The molecule has 1 fully saturated rings. The average Bonchev–Trinajstić information content (AvgIpc) is 3.45. The largest absolute Gasteiger partial charge is 0.497 e. The first kappa shape index (κ1) is 21.1. The number of methoxy groups -OCH3 is 2. The average molecular weight is 429 g/mol. The Morgan fingerprint density at radius 3 is 2.69 bits per heavy atom. The Bertz CT molecular complexity index is 1250. The van der Waals surface area contributed by atoms with Gasteiger partial charge in [-0.3, -0.25) is 4.79 Å². The third kappa shape index (κ3) is 4.45. The number of rotatable bonds is 4. The number of hydrogen-bond acceptors (Lipinski definition) is 6. The van der Waals surface area contributed by atoms with Gasteiger partial charge in [0.2, 0.25) is 0 Å². The number of hydrogen-bond donors (Lipinski definition) is 2. The second kappa shape index (κ2) is 9.32. The van der Waals surface area contributed by atoms with E-state index in [1.54, 1.807) is 32.1 Å². The van der Waals surface area contributed by atoms with Crippen LogP contribution in [0, 0.1) is 23.7 Å². The minimum Gasteiger partial charge on any atom is -0.497 e. The predicted molar refractivity (Wildman–Crippen MR) is 121 cm³/mol. The first-order valence-electron chi connectivity index (χ1n) is 10.2. The van der Waals surface area contributed by atoms with E-state index in [0.717, 1.165) is 23.1 Å². The van der Waals surface area contributed by atoms with Gasteiger partial charge in [0.05, 0.1) is 25.3 Å². The normalized spacial score (nSPS) is 14.8. The van der Waals surface area contributed by atoms with Gasteiger partial charge < -0.3 is 24.7 Å². The molecule has 0 aliphatic carbocycles. The van der Waals surface area contributed by atoms with Crippen LogP contribution in [0.15, 0.2) is 30.7 Å². The Labute approximate surface area is 186 Å². The maximum atomic E-state index is 12.0. The number of nitrogens with one attached hydrogen (secondary N) is 2. The van der Waals surface area contributed by atoms with Gasteiger partial charge in [-0.25, -0.2) is 9.97 Å². The van der Waals surface area contributed by atoms with Crippen molar-refractivity contribution >= 4 is 22.6 Å². The second-order valence-electron chi connectivity index (χ2n) is 7.26. The van der Waals surface area contributed by atoms with Crippen LogP contribution in [0.2, 0.25) is 0 Å². The van der Waals surface area contributed by atoms with Crippen molar-refractivity contribution in [3.8, 4) is 35.2 Å². The van der Waals surface area contributed by atoms with Gasteiger partial charge in [0.1, 0.15) is 29.2 Å². The Morgan fingerprint density at radius 2 is 1.97 bits per heavy atom. The van der Waals surface area contributed by atoms with Gasteiger partial charge in [-0.15, -0.1) is 0 Å². The number of fused-ring (bicyclic) bond motifs is 1. The fraction of sp³-hybridized carbons (Fsp3) is 0.292. The van der Waals surface area contributed by atoms with E-state index < -0.39 is 0 Å². The highest BCUT2D eigenvalue weighted by Gasteiger charge is 2.26. The van der Waals surface area contributed by atoms with E-state index in [1.165, 1.54) is 6.33 Å². The van der Waals surface area contributed by atoms with Crippen LogP contribution in [-0.4, -0.2) is 59.1 Å². The zero-order valence-corrected chi connectivity index (χ0v) is 18.2. The van der Waals surface area contributed by atoms with Gasteiger partial charge in [-0.05, 0) is 37.3 Å². The SMILES string of the molecule is CC#CC(=O)N1CCC(Nc2c[nH]c3ncnc(C#Cc4cc(OC)cc(OC)c4)c23)C1. The maximum absolute atomic E-state index is 12.0. The molecule has 0 saturated carbocycles. The quantitative estimate of drug-likeness (QED) is 0.619. The fourth-order valence-electron chi connectivity index (χ4n) is 3.65. The number of amides is 1. The molecule has 3 heterocycles. The van der Waals surface area contributed by atoms with E-state index >= 15 is 0 Å². The number of carbonyl (C=O) groups is 1. The molecule has 1 amide bonds. The standard InChI is InChI=1S/C24H23N5O3/c1-4-5-22(30)29-9-8-17(14-29)28-21-13-25-24-23(21)20(26-15-27-24)7-6-16-10-18(31-2)12-19(11-16)32-3/h10-13,15,17,28H,8-9,14H2,1-3H3,(H,25,26,27). The van der Waals surface area contributed by atoms with Crippen LogP contribution >= 0.6 is 0 Å². The summed E-state index contributed by atoms with van der Waals surface area (Å²) in [6.45, 7) is 2.94. The Morgan fingerprint density at radius 1 is 1.19 bits per heavy atom. The number of aromatic amines is 1. The van der Waals surface area contributed by atoms with Crippen molar-refractivity contribution < 1.29 is 14.3 Å². The zero-order chi connectivity index (χ0) is 22.5. The number of H-pyrrole nitrogens is 1.